The molecule has 0 saturated carbocycles. The number of nitrogens with two attached hydrogens (primary N) is 1. The quantitative estimate of drug-likeness (QED) is 0.799. The molecule has 0 bridgehead atoms. The van der Waals surface area contributed by atoms with Gasteiger partial charge in [-0.1, -0.05) is 31.2 Å². The van der Waals surface area contributed by atoms with Crippen LogP contribution in [0, 0.1) is 6.92 Å². The third-order valence-corrected chi connectivity index (χ3v) is 3.09. The SMILES string of the molecule is CCSCC(N)c1ccccc1C. The normalized spacial score (nSPS) is 12.8. The van der Waals surface area contributed by atoms with Crippen LogP contribution in [-0.2, 0) is 0 Å². The molecule has 1 rings (SSSR count). The van der Waals surface area contributed by atoms with Gasteiger partial charge < -0.3 is 5.73 Å². The molecule has 2 heteroatoms. The van der Waals surface area contributed by atoms with Crippen molar-refractivity contribution in [2.75, 3.05) is 11.5 Å². The average Bonchev–Trinajstić information content (AvgIpc) is 2.15. The molecular weight excluding hydrogens is 178 g/mol. The molecule has 0 aliphatic rings. The van der Waals surface area contributed by atoms with E-state index in [4.69, 9.17) is 5.73 Å². The van der Waals surface area contributed by atoms with E-state index in [1.807, 2.05) is 11.8 Å². The first-order valence-electron chi connectivity index (χ1n) is 4.64. The molecule has 0 aliphatic heterocycles. The van der Waals surface area contributed by atoms with E-state index in [0.717, 1.165) is 11.5 Å². The molecule has 0 radical (unpaired) electrons. The van der Waals surface area contributed by atoms with Crippen molar-refractivity contribution in [3.63, 3.8) is 0 Å². The Labute approximate surface area is 84.7 Å². The van der Waals surface area contributed by atoms with Crippen molar-refractivity contribution in [3.8, 4) is 0 Å². The summed E-state index contributed by atoms with van der Waals surface area (Å²) in [6.45, 7) is 4.28. The van der Waals surface area contributed by atoms with Gasteiger partial charge in [0.05, 0.1) is 0 Å². The van der Waals surface area contributed by atoms with E-state index in [9.17, 15) is 0 Å². The fourth-order valence-corrected chi connectivity index (χ4v) is 2.01. The van der Waals surface area contributed by atoms with E-state index >= 15 is 0 Å². The first-order chi connectivity index (χ1) is 6.25. The molecule has 2 N–H and O–H groups in total. The zero-order valence-corrected chi connectivity index (χ0v) is 9.10. The molecule has 0 amide bonds. The molecule has 0 spiro atoms. The predicted octanol–water partition coefficient (Wildman–Crippen LogP) is 2.75. The van der Waals surface area contributed by atoms with Gasteiger partial charge in [-0.2, -0.15) is 11.8 Å². The first kappa shape index (κ1) is 10.6. The Kier molecular flexibility index (Phi) is 4.33. The maximum absolute atomic E-state index is 6.06. The van der Waals surface area contributed by atoms with E-state index in [1.165, 1.54) is 11.1 Å². The highest BCUT2D eigenvalue weighted by Gasteiger charge is 2.06. The van der Waals surface area contributed by atoms with E-state index in [1.54, 1.807) is 0 Å². The molecule has 1 aromatic rings. The second-order valence-electron chi connectivity index (χ2n) is 3.12. The third kappa shape index (κ3) is 3.05. The molecule has 0 fully saturated rings. The van der Waals surface area contributed by atoms with Gasteiger partial charge in [-0.3, -0.25) is 0 Å². The van der Waals surface area contributed by atoms with Gasteiger partial charge in [0.1, 0.15) is 0 Å². The summed E-state index contributed by atoms with van der Waals surface area (Å²) >= 11 is 1.89. The Morgan fingerprint density at radius 1 is 1.38 bits per heavy atom. The minimum Gasteiger partial charge on any atom is -0.323 e. The Bertz CT molecular complexity index is 260. The topological polar surface area (TPSA) is 26.0 Å². The molecular formula is C11H17NS. The molecule has 72 valence electrons. The van der Waals surface area contributed by atoms with Gasteiger partial charge in [0.2, 0.25) is 0 Å². The highest BCUT2D eigenvalue weighted by atomic mass is 32.2. The summed E-state index contributed by atoms with van der Waals surface area (Å²) in [5.74, 6) is 2.15. The number of rotatable bonds is 4. The summed E-state index contributed by atoms with van der Waals surface area (Å²) in [4.78, 5) is 0. The van der Waals surface area contributed by atoms with Crippen molar-refractivity contribution >= 4 is 11.8 Å². The van der Waals surface area contributed by atoms with Crippen LogP contribution in [0.25, 0.3) is 0 Å². The van der Waals surface area contributed by atoms with Gasteiger partial charge in [-0.05, 0) is 23.8 Å². The summed E-state index contributed by atoms with van der Waals surface area (Å²) in [7, 11) is 0. The van der Waals surface area contributed by atoms with Gasteiger partial charge in [0.15, 0.2) is 0 Å². The number of aryl methyl sites for hydroxylation is 1. The van der Waals surface area contributed by atoms with Gasteiger partial charge >= 0.3 is 0 Å². The van der Waals surface area contributed by atoms with Gasteiger partial charge in [0.25, 0.3) is 0 Å². The largest absolute Gasteiger partial charge is 0.323 e. The predicted molar refractivity (Wildman–Crippen MR) is 61.1 cm³/mol. The van der Waals surface area contributed by atoms with Gasteiger partial charge in [0, 0.05) is 11.8 Å². The monoisotopic (exact) mass is 195 g/mol. The number of hydrogen-bond acceptors (Lipinski definition) is 2. The van der Waals surface area contributed by atoms with Gasteiger partial charge in [-0.25, -0.2) is 0 Å². The maximum Gasteiger partial charge on any atom is 0.0389 e. The van der Waals surface area contributed by atoms with Crippen LogP contribution in [0.4, 0.5) is 0 Å². The molecule has 1 atom stereocenters. The molecule has 1 unspecified atom stereocenters. The number of hydrogen-bond donors (Lipinski definition) is 1. The van der Waals surface area contributed by atoms with E-state index in [2.05, 4.69) is 38.1 Å². The fourth-order valence-electron chi connectivity index (χ4n) is 1.34. The van der Waals surface area contributed by atoms with E-state index in [0.29, 0.717) is 0 Å². The van der Waals surface area contributed by atoms with Crippen LogP contribution in [-0.4, -0.2) is 11.5 Å². The standard InChI is InChI=1S/C11H17NS/c1-3-13-8-11(12)10-7-5-4-6-9(10)2/h4-7,11H,3,8,12H2,1-2H3. The van der Waals surface area contributed by atoms with Crippen LogP contribution < -0.4 is 5.73 Å². The highest BCUT2D eigenvalue weighted by Crippen LogP contribution is 2.18. The van der Waals surface area contributed by atoms with Crippen LogP contribution in [0.2, 0.25) is 0 Å². The molecule has 1 aromatic carbocycles. The smallest absolute Gasteiger partial charge is 0.0389 e. The maximum atomic E-state index is 6.06. The lowest BCUT2D eigenvalue weighted by atomic mass is 10.0. The lowest BCUT2D eigenvalue weighted by molar-refractivity contribution is 0.823. The Morgan fingerprint density at radius 3 is 2.69 bits per heavy atom. The van der Waals surface area contributed by atoms with Crippen LogP contribution >= 0.6 is 11.8 Å². The van der Waals surface area contributed by atoms with Crippen molar-refractivity contribution in [2.24, 2.45) is 5.73 Å². The summed E-state index contributed by atoms with van der Waals surface area (Å²) in [6, 6.07) is 8.53. The summed E-state index contributed by atoms with van der Waals surface area (Å²) in [5.41, 5.74) is 8.64. The third-order valence-electron chi connectivity index (χ3n) is 2.09. The summed E-state index contributed by atoms with van der Waals surface area (Å²) < 4.78 is 0. The molecule has 0 aliphatic carbocycles. The average molecular weight is 195 g/mol. The fraction of sp³-hybridized carbons (Fsp3) is 0.455. The Hall–Kier alpha value is -0.470. The van der Waals surface area contributed by atoms with Crippen LogP contribution in [0.5, 0.6) is 0 Å². The van der Waals surface area contributed by atoms with Crippen molar-refractivity contribution < 1.29 is 0 Å². The first-order valence-corrected chi connectivity index (χ1v) is 5.80. The molecule has 0 heterocycles. The Morgan fingerprint density at radius 2 is 2.08 bits per heavy atom. The minimum atomic E-state index is 0.186. The van der Waals surface area contributed by atoms with Crippen molar-refractivity contribution in [1.82, 2.24) is 0 Å². The summed E-state index contributed by atoms with van der Waals surface area (Å²) in [5, 5.41) is 0. The molecule has 0 aromatic heterocycles. The molecule has 0 saturated heterocycles. The number of benzene rings is 1. The second-order valence-corrected chi connectivity index (χ2v) is 4.44. The van der Waals surface area contributed by atoms with E-state index in [-0.39, 0.29) is 6.04 Å². The number of thioether (sulfide) groups is 1. The van der Waals surface area contributed by atoms with E-state index < -0.39 is 0 Å². The van der Waals surface area contributed by atoms with Crippen LogP contribution in [0.15, 0.2) is 24.3 Å². The zero-order chi connectivity index (χ0) is 9.68. The lowest BCUT2D eigenvalue weighted by Gasteiger charge is -2.13. The second kappa shape index (κ2) is 5.30. The van der Waals surface area contributed by atoms with Gasteiger partial charge in [-0.15, -0.1) is 0 Å². The summed E-state index contributed by atoms with van der Waals surface area (Å²) in [6.07, 6.45) is 0. The lowest BCUT2D eigenvalue weighted by Crippen LogP contribution is -2.14. The van der Waals surface area contributed by atoms with Crippen molar-refractivity contribution in [1.29, 1.82) is 0 Å². The van der Waals surface area contributed by atoms with Crippen molar-refractivity contribution in [2.45, 2.75) is 19.9 Å². The van der Waals surface area contributed by atoms with Crippen molar-refractivity contribution in [3.05, 3.63) is 35.4 Å². The van der Waals surface area contributed by atoms with Crippen LogP contribution in [0.1, 0.15) is 24.1 Å². The molecule has 1 nitrogen and oxygen atoms in total. The highest BCUT2D eigenvalue weighted by molar-refractivity contribution is 7.99. The Balaban J connectivity index is 2.65. The molecule has 13 heavy (non-hydrogen) atoms. The minimum absolute atomic E-state index is 0.186. The van der Waals surface area contributed by atoms with Crippen LogP contribution in [0.3, 0.4) is 0 Å². The zero-order valence-electron chi connectivity index (χ0n) is 8.29.